The number of aliphatic hydroxyl groups excluding tert-OH is 1. The van der Waals surface area contributed by atoms with E-state index in [0.29, 0.717) is 11.8 Å². The maximum atomic E-state index is 12.4. The van der Waals surface area contributed by atoms with Gasteiger partial charge < -0.3 is 10.2 Å². The zero-order valence-electron chi connectivity index (χ0n) is 6.32. The monoisotopic (exact) mass is 182 g/mol. The van der Waals surface area contributed by atoms with Crippen LogP contribution in [0.3, 0.4) is 0 Å². The highest BCUT2D eigenvalue weighted by Crippen LogP contribution is 2.21. The second-order valence-corrected chi connectivity index (χ2v) is 3.67. The van der Waals surface area contributed by atoms with Crippen LogP contribution < -0.4 is 0 Å². The molecule has 0 rings (SSSR count). The Morgan fingerprint density at radius 3 is 2.27 bits per heavy atom. The fourth-order valence-corrected chi connectivity index (χ4v) is 1.08. The molecular weight excluding hydrogens is 171 g/mol. The number of thioether (sulfide) groups is 1. The van der Waals surface area contributed by atoms with Crippen molar-refractivity contribution in [1.82, 2.24) is 0 Å². The molecule has 0 amide bonds. The summed E-state index contributed by atoms with van der Waals surface area (Å²) in [6, 6.07) is 0. The Bertz CT molecular complexity index is 140. The van der Waals surface area contributed by atoms with Gasteiger partial charge in [-0.1, -0.05) is 6.92 Å². The van der Waals surface area contributed by atoms with Gasteiger partial charge in [0.15, 0.2) is 0 Å². The molecule has 0 heterocycles. The number of alkyl halides is 1. The van der Waals surface area contributed by atoms with Crippen LogP contribution in [0.15, 0.2) is 0 Å². The van der Waals surface area contributed by atoms with E-state index in [9.17, 15) is 9.18 Å². The molecule has 0 spiro atoms. The quantitative estimate of drug-likeness (QED) is 0.677. The summed E-state index contributed by atoms with van der Waals surface area (Å²) in [6.45, 7) is 3.07. The van der Waals surface area contributed by atoms with Crippen LogP contribution >= 0.6 is 11.8 Å². The average Bonchev–Trinajstić information content (AvgIpc) is 1.87. The molecule has 3 unspecified atom stereocenters. The van der Waals surface area contributed by atoms with Crippen molar-refractivity contribution in [3.63, 3.8) is 0 Å². The van der Waals surface area contributed by atoms with Gasteiger partial charge in [0.1, 0.15) is 0 Å². The summed E-state index contributed by atoms with van der Waals surface area (Å²) in [7, 11) is 0. The van der Waals surface area contributed by atoms with Crippen molar-refractivity contribution in [2.24, 2.45) is 0 Å². The number of carboxylic acid groups (broad SMARTS) is 1. The molecular formula is C6H11FO3S. The first-order chi connectivity index (χ1) is 4.95. The van der Waals surface area contributed by atoms with E-state index in [0.717, 1.165) is 0 Å². The first-order valence-electron chi connectivity index (χ1n) is 3.15. The largest absolute Gasteiger partial charge is 0.478 e. The fourth-order valence-electron chi connectivity index (χ4n) is 0.360. The third-order valence-corrected chi connectivity index (χ3v) is 2.47. The van der Waals surface area contributed by atoms with Crippen LogP contribution in [0.2, 0.25) is 0 Å². The third kappa shape index (κ3) is 4.21. The van der Waals surface area contributed by atoms with E-state index in [1.807, 2.05) is 0 Å². The van der Waals surface area contributed by atoms with Crippen LogP contribution in [-0.4, -0.2) is 33.0 Å². The first kappa shape index (κ1) is 10.7. The van der Waals surface area contributed by atoms with E-state index in [1.165, 1.54) is 6.92 Å². The van der Waals surface area contributed by atoms with E-state index in [4.69, 9.17) is 10.2 Å². The molecule has 0 aromatic rings. The van der Waals surface area contributed by atoms with Crippen LogP contribution in [0.5, 0.6) is 0 Å². The predicted octanol–water partition coefficient (Wildman–Crippen LogP) is 0.869. The number of aliphatic carboxylic acids is 1. The van der Waals surface area contributed by atoms with Gasteiger partial charge in [0.2, 0.25) is 5.50 Å². The zero-order valence-corrected chi connectivity index (χ0v) is 7.14. The Labute approximate surface area is 68.6 Å². The molecule has 0 fully saturated rings. The van der Waals surface area contributed by atoms with Crippen LogP contribution in [0, 0.1) is 0 Å². The van der Waals surface area contributed by atoms with Gasteiger partial charge in [0.25, 0.3) is 0 Å². The number of rotatable bonds is 4. The van der Waals surface area contributed by atoms with Gasteiger partial charge in [-0.2, -0.15) is 0 Å². The Balaban J connectivity index is 3.75. The van der Waals surface area contributed by atoms with E-state index in [1.54, 1.807) is 6.92 Å². The van der Waals surface area contributed by atoms with E-state index in [2.05, 4.69) is 0 Å². The lowest BCUT2D eigenvalue weighted by atomic mass is 10.3. The lowest BCUT2D eigenvalue weighted by molar-refractivity contribution is -0.139. The van der Waals surface area contributed by atoms with Crippen molar-refractivity contribution >= 4 is 17.7 Å². The summed E-state index contributed by atoms with van der Waals surface area (Å²) >= 11 is 0.600. The molecule has 3 atom stereocenters. The standard InChI is InChI=1S/C6H11FO3S/c1-3(8)4(2)11-5(7)6(9)10/h3-5,8H,1-2H3,(H,9,10). The molecule has 0 radical (unpaired) electrons. The molecule has 0 aromatic carbocycles. The summed E-state index contributed by atoms with van der Waals surface area (Å²) in [4.78, 5) is 9.98. The molecule has 3 nitrogen and oxygen atoms in total. The minimum absolute atomic E-state index is 0.402. The Hall–Kier alpha value is -0.290. The second-order valence-electron chi connectivity index (χ2n) is 2.24. The molecule has 0 aliphatic rings. The minimum Gasteiger partial charge on any atom is -0.478 e. The Morgan fingerprint density at radius 2 is 2.00 bits per heavy atom. The van der Waals surface area contributed by atoms with Crippen molar-refractivity contribution in [1.29, 1.82) is 0 Å². The highest BCUT2D eigenvalue weighted by molar-refractivity contribution is 8.01. The number of hydrogen-bond donors (Lipinski definition) is 2. The topological polar surface area (TPSA) is 57.5 Å². The lowest BCUT2D eigenvalue weighted by Gasteiger charge is -2.14. The lowest BCUT2D eigenvalue weighted by Crippen LogP contribution is -2.21. The van der Waals surface area contributed by atoms with E-state index >= 15 is 0 Å². The van der Waals surface area contributed by atoms with E-state index < -0.39 is 22.8 Å². The molecule has 0 aliphatic carbocycles. The number of halogens is 1. The summed E-state index contributed by atoms with van der Waals surface area (Å²) < 4.78 is 12.4. The van der Waals surface area contributed by atoms with Crippen molar-refractivity contribution in [3.8, 4) is 0 Å². The van der Waals surface area contributed by atoms with Gasteiger partial charge in [0, 0.05) is 5.25 Å². The van der Waals surface area contributed by atoms with Crippen LogP contribution in [0.4, 0.5) is 4.39 Å². The van der Waals surface area contributed by atoms with Crippen molar-refractivity contribution in [2.45, 2.75) is 30.7 Å². The van der Waals surface area contributed by atoms with Gasteiger partial charge in [-0.05, 0) is 6.92 Å². The number of hydrogen-bond acceptors (Lipinski definition) is 3. The first-order valence-corrected chi connectivity index (χ1v) is 4.10. The van der Waals surface area contributed by atoms with Gasteiger partial charge in [-0.3, -0.25) is 0 Å². The highest BCUT2D eigenvalue weighted by atomic mass is 32.2. The highest BCUT2D eigenvalue weighted by Gasteiger charge is 2.21. The summed E-state index contributed by atoms with van der Waals surface area (Å²) in [5.74, 6) is -1.50. The second kappa shape index (κ2) is 4.56. The number of aliphatic hydroxyl groups is 1. The van der Waals surface area contributed by atoms with Crippen molar-refractivity contribution < 1.29 is 19.4 Å². The summed E-state index contributed by atoms with van der Waals surface area (Å²) in [6.07, 6.45) is -0.697. The molecule has 0 bridgehead atoms. The normalized spacial score (nSPS) is 18.9. The molecule has 5 heteroatoms. The number of carbonyl (C=O) groups is 1. The summed E-state index contributed by atoms with van der Waals surface area (Å²) in [5.41, 5.74) is -1.94. The molecule has 2 N–H and O–H groups in total. The number of carboxylic acids is 1. The molecule has 0 saturated heterocycles. The molecule has 11 heavy (non-hydrogen) atoms. The molecule has 66 valence electrons. The van der Waals surface area contributed by atoms with E-state index in [-0.39, 0.29) is 0 Å². The van der Waals surface area contributed by atoms with Gasteiger partial charge in [0.05, 0.1) is 6.10 Å². The SMILES string of the molecule is CC(O)C(C)SC(F)C(=O)O. The summed E-state index contributed by atoms with van der Waals surface area (Å²) in [5, 5.41) is 16.6. The molecule has 0 saturated carbocycles. The fraction of sp³-hybridized carbons (Fsp3) is 0.833. The molecule has 0 aromatic heterocycles. The van der Waals surface area contributed by atoms with Gasteiger partial charge >= 0.3 is 5.97 Å². The Kier molecular flexibility index (Phi) is 4.44. The maximum absolute atomic E-state index is 12.4. The predicted molar refractivity (Wildman–Crippen MR) is 41.3 cm³/mol. The van der Waals surface area contributed by atoms with Crippen LogP contribution in [0.25, 0.3) is 0 Å². The van der Waals surface area contributed by atoms with Gasteiger partial charge in [-0.25, -0.2) is 9.18 Å². The average molecular weight is 182 g/mol. The minimum atomic E-state index is -1.94. The van der Waals surface area contributed by atoms with Crippen molar-refractivity contribution in [3.05, 3.63) is 0 Å². The Morgan fingerprint density at radius 1 is 1.55 bits per heavy atom. The van der Waals surface area contributed by atoms with Crippen LogP contribution in [0.1, 0.15) is 13.8 Å². The van der Waals surface area contributed by atoms with Crippen molar-refractivity contribution in [2.75, 3.05) is 0 Å². The third-order valence-electron chi connectivity index (χ3n) is 1.21. The maximum Gasteiger partial charge on any atom is 0.348 e. The molecule has 0 aliphatic heterocycles. The van der Waals surface area contributed by atoms with Crippen LogP contribution in [-0.2, 0) is 4.79 Å². The zero-order chi connectivity index (χ0) is 9.02. The smallest absolute Gasteiger partial charge is 0.348 e. The van der Waals surface area contributed by atoms with Gasteiger partial charge in [-0.15, -0.1) is 11.8 Å².